The van der Waals surface area contributed by atoms with Crippen molar-refractivity contribution in [2.45, 2.75) is 83.3 Å². The van der Waals surface area contributed by atoms with Crippen molar-refractivity contribution in [3.63, 3.8) is 0 Å². The van der Waals surface area contributed by atoms with Gasteiger partial charge >= 0.3 is 10.4 Å². The smallest absolute Gasteiger partial charge is 0.394 e. The van der Waals surface area contributed by atoms with Crippen LogP contribution in [0.2, 0.25) is 0 Å². The van der Waals surface area contributed by atoms with E-state index in [-0.39, 0.29) is 31.4 Å². The zero-order chi connectivity index (χ0) is 39.2. The Kier molecular flexibility index (Phi) is 16.9. The lowest BCUT2D eigenvalue weighted by molar-refractivity contribution is -0.132. The van der Waals surface area contributed by atoms with Crippen molar-refractivity contribution in [2.24, 2.45) is 5.92 Å². The summed E-state index contributed by atoms with van der Waals surface area (Å²) in [7, 11) is -4.67. The fourth-order valence-electron chi connectivity index (χ4n) is 6.56. The minimum Gasteiger partial charge on any atom is -0.397 e. The maximum absolute atomic E-state index is 13.8. The van der Waals surface area contributed by atoms with Crippen LogP contribution in [0.5, 0.6) is 0 Å². The van der Waals surface area contributed by atoms with Gasteiger partial charge in [-0.25, -0.2) is 0 Å². The van der Waals surface area contributed by atoms with Crippen LogP contribution in [0.3, 0.4) is 0 Å². The van der Waals surface area contributed by atoms with E-state index in [1.165, 1.54) is 0 Å². The molecule has 5 atom stereocenters. The van der Waals surface area contributed by atoms with Crippen LogP contribution in [0.15, 0.2) is 79.1 Å². The van der Waals surface area contributed by atoms with Gasteiger partial charge in [0.25, 0.3) is 0 Å². The molecule has 7 N–H and O–H groups in total. The molecule has 0 unspecified atom stereocenters. The van der Waals surface area contributed by atoms with E-state index in [0.717, 1.165) is 28.8 Å². The summed E-state index contributed by atoms with van der Waals surface area (Å²) < 4.78 is 31.6. The normalized spacial score (nSPS) is 20.1. The van der Waals surface area contributed by atoms with Crippen LogP contribution in [0.1, 0.15) is 62.4 Å². The van der Waals surface area contributed by atoms with Crippen LogP contribution < -0.4 is 10.6 Å². The molecule has 0 bridgehead atoms. The first kappa shape index (κ1) is 43.6. The van der Waals surface area contributed by atoms with Gasteiger partial charge in [-0.1, -0.05) is 60.7 Å². The Morgan fingerprint density at radius 1 is 0.981 bits per heavy atom. The SMILES string of the molecule is CC(C)(C)NC(=O)[C@@H]1CN(Cc2cccnc2)CCN1C[C@@H](O)C[C@@H](Cc1ccccc1)C(=O)N[C@H]1c2ccccc2C[C@H]1O.CCO.O=S(=O)(O)O. The zero-order valence-electron chi connectivity index (χ0n) is 30.9. The number of carbonyl (C=O) groups is 2. The van der Waals surface area contributed by atoms with Crippen LogP contribution in [-0.4, -0.2) is 116 Å². The number of hydrogen-bond acceptors (Lipinski definition) is 10. The number of nitrogens with one attached hydrogen (secondary N) is 2. The average molecular weight is 758 g/mol. The number of aliphatic hydroxyl groups is 3. The summed E-state index contributed by atoms with van der Waals surface area (Å²) in [6.45, 7) is 10.7. The summed E-state index contributed by atoms with van der Waals surface area (Å²) in [6, 6.07) is 20.6. The fourth-order valence-corrected chi connectivity index (χ4v) is 6.56. The zero-order valence-corrected chi connectivity index (χ0v) is 31.7. The number of aromatic nitrogens is 1. The van der Waals surface area contributed by atoms with Crippen molar-refractivity contribution in [3.8, 4) is 0 Å². The van der Waals surface area contributed by atoms with Crippen LogP contribution in [-0.2, 0) is 39.4 Å². The minimum atomic E-state index is -4.67. The first-order chi connectivity index (χ1) is 25.0. The van der Waals surface area contributed by atoms with E-state index < -0.39 is 46.1 Å². The summed E-state index contributed by atoms with van der Waals surface area (Å²) in [6.07, 6.45) is 3.26. The summed E-state index contributed by atoms with van der Waals surface area (Å²) in [5.41, 5.74) is 3.68. The van der Waals surface area contributed by atoms with E-state index in [1.54, 1.807) is 13.1 Å². The molecule has 1 aliphatic heterocycles. The van der Waals surface area contributed by atoms with Gasteiger partial charge in [0.05, 0.1) is 18.2 Å². The molecule has 1 saturated heterocycles. The Morgan fingerprint density at radius 2 is 1.60 bits per heavy atom. The van der Waals surface area contributed by atoms with E-state index >= 15 is 0 Å². The molecule has 1 aromatic heterocycles. The Bertz CT molecular complexity index is 1670. The molecule has 0 saturated carbocycles. The van der Waals surface area contributed by atoms with Crippen LogP contribution >= 0.6 is 0 Å². The standard InChI is InChI=1S/C36H47N5O4.C2H6O.H2O4S/c1-36(2,3)39-35(45)31-24-40(22-26-12-9-15-37-21-26)16-17-41(31)23-29(42)19-28(18-25-10-5-4-6-11-25)34(44)38-33-30-14-8-7-13-27(30)20-32(33)43;1-2-3;1-5(2,3)4/h4-15,21,28-29,31-33,42-43H,16-20,22-24H2,1-3H3,(H,38,44)(H,39,45);3H,2H2,1H3;(H2,1,2,3,4)/t28-,29+,31+,32-,33+;;/m1../s1. The molecule has 15 heteroatoms. The summed E-state index contributed by atoms with van der Waals surface area (Å²) in [5.74, 6) is -0.781. The number of aliphatic hydroxyl groups excluding tert-OH is 3. The second-order valence-corrected chi connectivity index (χ2v) is 15.2. The average Bonchev–Trinajstić information content (AvgIpc) is 3.39. The molecule has 0 radical (unpaired) electrons. The number of carbonyl (C=O) groups excluding carboxylic acids is 2. The number of piperazine rings is 1. The molecule has 14 nitrogen and oxygen atoms in total. The molecular formula is C38H55N5O9S. The highest BCUT2D eigenvalue weighted by molar-refractivity contribution is 7.79. The third-order valence-electron chi connectivity index (χ3n) is 8.70. The monoisotopic (exact) mass is 757 g/mol. The molecule has 2 amide bonds. The summed E-state index contributed by atoms with van der Waals surface area (Å²) in [4.78, 5) is 35.9. The van der Waals surface area contributed by atoms with Crippen LogP contribution in [0.4, 0.5) is 0 Å². The van der Waals surface area contributed by atoms with Gasteiger partial charge in [0.15, 0.2) is 0 Å². The van der Waals surface area contributed by atoms with Gasteiger partial charge in [-0.15, -0.1) is 0 Å². The van der Waals surface area contributed by atoms with Gasteiger partial charge in [-0.3, -0.25) is 33.5 Å². The first-order valence-electron chi connectivity index (χ1n) is 17.7. The second-order valence-electron chi connectivity index (χ2n) is 14.3. The summed E-state index contributed by atoms with van der Waals surface area (Å²) >= 11 is 0. The fraction of sp³-hybridized carbons (Fsp3) is 0.500. The molecule has 5 rings (SSSR count). The second kappa shape index (κ2) is 20.6. The number of rotatable bonds is 11. The van der Waals surface area contributed by atoms with Crippen molar-refractivity contribution >= 4 is 22.2 Å². The largest absolute Gasteiger partial charge is 0.397 e. The highest BCUT2D eigenvalue weighted by Gasteiger charge is 2.37. The minimum absolute atomic E-state index is 0.0712. The van der Waals surface area contributed by atoms with Crippen molar-refractivity contribution in [1.82, 2.24) is 25.4 Å². The third-order valence-corrected chi connectivity index (χ3v) is 8.70. The number of benzene rings is 2. The van der Waals surface area contributed by atoms with E-state index in [2.05, 4.69) is 25.4 Å². The van der Waals surface area contributed by atoms with Crippen molar-refractivity contribution in [1.29, 1.82) is 0 Å². The lowest BCUT2D eigenvalue weighted by Crippen LogP contribution is -2.61. The Balaban J connectivity index is 0.000000859. The molecule has 2 aliphatic rings. The molecule has 1 aliphatic carbocycles. The van der Waals surface area contributed by atoms with Gasteiger partial charge in [0.2, 0.25) is 11.8 Å². The molecule has 292 valence electrons. The Morgan fingerprint density at radius 3 is 2.23 bits per heavy atom. The number of amides is 2. The molecule has 3 aromatic rings. The molecule has 2 heterocycles. The van der Waals surface area contributed by atoms with Gasteiger partial charge in [0, 0.05) is 69.6 Å². The first-order valence-corrected chi connectivity index (χ1v) is 19.1. The van der Waals surface area contributed by atoms with E-state index in [9.17, 15) is 19.8 Å². The topological polar surface area (TPSA) is 213 Å². The molecule has 53 heavy (non-hydrogen) atoms. The van der Waals surface area contributed by atoms with Crippen molar-refractivity contribution < 1.29 is 42.4 Å². The Hall–Kier alpha value is -3.80. The highest BCUT2D eigenvalue weighted by Crippen LogP contribution is 2.32. The van der Waals surface area contributed by atoms with Gasteiger partial charge in [0.1, 0.15) is 6.04 Å². The summed E-state index contributed by atoms with van der Waals surface area (Å²) in [5, 5.41) is 36.1. The highest BCUT2D eigenvalue weighted by atomic mass is 32.3. The lowest BCUT2D eigenvalue weighted by atomic mass is 9.91. The number of pyridine rings is 1. The molecule has 0 spiro atoms. The lowest BCUT2D eigenvalue weighted by Gasteiger charge is -2.42. The van der Waals surface area contributed by atoms with E-state index in [0.29, 0.717) is 32.5 Å². The van der Waals surface area contributed by atoms with E-state index in [4.69, 9.17) is 22.6 Å². The van der Waals surface area contributed by atoms with E-state index in [1.807, 2.05) is 93.7 Å². The number of β-amino-alcohol motifs (C(OH)–C–C–N with tert-alkyl or cyclic N) is 1. The van der Waals surface area contributed by atoms with Gasteiger partial charge in [-0.05, 0) is 68.9 Å². The number of nitrogens with zero attached hydrogens (tertiary/aromatic N) is 3. The molecule has 1 fully saturated rings. The van der Waals surface area contributed by atoms with Crippen LogP contribution in [0, 0.1) is 5.92 Å². The Labute approximate surface area is 312 Å². The molecule has 2 aromatic carbocycles. The van der Waals surface area contributed by atoms with Gasteiger partial charge < -0.3 is 26.0 Å². The van der Waals surface area contributed by atoms with Crippen LogP contribution in [0.25, 0.3) is 0 Å². The quantitative estimate of drug-likeness (QED) is 0.140. The van der Waals surface area contributed by atoms with Crippen molar-refractivity contribution in [2.75, 3.05) is 32.8 Å². The van der Waals surface area contributed by atoms with Gasteiger partial charge in [-0.2, -0.15) is 8.42 Å². The van der Waals surface area contributed by atoms with Crippen molar-refractivity contribution in [3.05, 3.63) is 101 Å². The molecular weight excluding hydrogens is 703 g/mol. The number of hydrogen-bond donors (Lipinski definition) is 7. The third kappa shape index (κ3) is 15.6. The maximum atomic E-state index is 13.8. The predicted molar refractivity (Wildman–Crippen MR) is 201 cm³/mol. The predicted octanol–water partition coefficient (Wildman–Crippen LogP) is 2.21. The number of fused-ring (bicyclic) bond motifs is 1. The maximum Gasteiger partial charge on any atom is 0.394 e.